The van der Waals surface area contributed by atoms with Gasteiger partial charge in [-0.1, -0.05) is 0 Å². The highest BCUT2D eigenvalue weighted by atomic mass is 32.2. The van der Waals surface area contributed by atoms with Gasteiger partial charge in [0.2, 0.25) is 0 Å². The van der Waals surface area contributed by atoms with Gasteiger partial charge in [-0.3, -0.25) is 0 Å². The number of hydrogen-bond donors (Lipinski definition) is 1. The molecule has 1 aliphatic heterocycles. The zero-order valence-corrected chi connectivity index (χ0v) is 9.33. The lowest BCUT2D eigenvalue weighted by Gasteiger charge is -2.14. The van der Waals surface area contributed by atoms with E-state index < -0.39 is 0 Å². The molecule has 0 aromatic carbocycles. The molecule has 0 aliphatic carbocycles. The Morgan fingerprint density at radius 1 is 1.54 bits per heavy atom. The molecule has 2 rings (SSSR count). The molecule has 0 radical (unpaired) electrons. The first-order valence-corrected chi connectivity index (χ1v) is 6.56. The average molecular weight is 214 g/mol. The third-order valence-corrected chi connectivity index (χ3v) is 4.72. The second kappa shape index (κ2) is 4.03. The minimum absolute atomic E-state index is 0.214. The van der Waals surface area contributed by atoms with E-state index in [4.69, 9.17) is 0 Å². The molecule has 1 saturated heterocycles. The number of aliphatic hydroxyl groups is 1. The molecule has 1 aromatic rings. The Hall–Kier alpha value is 0.01000. The van der Waals surface area contributed by atoms with Gasteiger partial charge < -0.3 is 5.11 Å². The highest BCUT2D eigenvalue weighted by Crippen LogP contribution is 2.36. The maximum absolute atomic E-state index is 10.0. The topological polar surface area (TPSA) is 20.2 Å². The van der Waals surface area contributed by atoms with Crippen LogP contribution in [0.1, 0.15) is 22.3 Å². The normalized spacial score (nSPS) is 24.9. The van der Waals surface area contributed by atoms with Gasteiger partial charge in [0.25, 0.3) is 0 Å². The monoisotopic (exact) mass is 214 g/mol. The van der Waals surface area contributed by atoms with Crippen molar-refractivity contribution in [1.29, 1.82) is 0 Å². The molecule has 72 valence electrons. The summed E-state index contributed by atoms with van der Waals surface area (Å²) in [5, 5.41) is 10.0. The van der Waals surface area contributed by atoms with Gasteiger partial charge in [-0.05, 0) is 42.9 Å². The predicted molar refractivity (Wildman–Crippen MR) is 59.4 cm³/mol. The predicted octanol–water partition coefficient (Wildman–Crippen LogP) is 2.84. The van der Waals surface area contributed by atoms with Gasteiger partial charge in [-0.15, -0.1) is 11.3 Å². The van der Waals surface area contributed by atoms with Crippen LogP contribution in [0.5, 0.6) is 0 Å². The molecule has 0 saturated carbocycles. The summed E-state index contributed by atoms with van der Waals surface area (Å²) in [6, 6.07) is 4.15. The molecule has 1 fully saturated rings. The summed E-state index contributed by atoms with van der Waals surface area (Å²) >= 11 is 3.68. The molecule has 1 aromatic heterocycles. The maximum atomic E-state index is 10.0. The summed E-state index contributed by atoms with van der Waals surface area (Å²) in [7, 11) is 0. The van der Waals surface area contributed by atoms with Crippen LogP contribution in [0.2, 0.25) is 0 Å². The van der Waals surface area contributed by atoms with Gasteiger partial charge in [0.05, 0.1) is 6.10 Å². The number of aryl methyl sites for hydroxylation is 1. The smallest absolute Gasteiger partial charge is 0.0918 e. The lowest BCUT2D eigenvalue weighted by Crippen LogP contribution is -2.10. The second-order valence-corrected chi connectivity index (χ2v) is 5.99. The van der Waals surface area contributed by atoms with Crippen LogP contribution in [0.4, 0.5) is 0 Å². The number of rotatable bonds is 2. The van der Waals surface area contributed by atoms with Crippen molar-refractivity contribution in [3.8, 4) is 0 Å². The zero-order chi connectivity index (χ0) is 9.26. The minimum Gasteiger partial charge on any atom is -0.387 e. The molecule has 2 atom stereocenters. The summed E-state index contributed by atoms with van der Waals surface area (Å²) in [5.41, 5.74) is 0. The van der Waals surface area contributed by atoms with Crippen LogP contribution >= 0.6 is 23.1 Å². The molecule has 0 spiro atoms. The number of thioether (sulfide) groups is 1. The fourth-order valence-corrected chi connectivity index (χ4v) is 3.89. The lowest BCUT2D eigenvalue weighted by atomic mass is 10.0. The van der Waals surface area contributed by atoms with Crippen LogP contribution in [0.25, 0.3) is 0 Å². The molecule has 2 heterocycles. The third kappa shape index (κ3) is 2.09. The summed E-state index contributed by atoms with van der Waals surface area (Å²) < 4.78 is 0. The standard InChI is InChI=1S/C10H14OS2/c1-7-2-3-9(13-7)10(11)8-4-5-12-6-8/h2-3,8,10-11H,4-6H2,1H3. The van der Waals surface area contributed by atoms with E-state index in [2.05, 4.69) is 19.1 Å². The number of thiophene rings is 1. The Morgan fingerprint density at radius 2 is 2.38 bits per heavy atom. The van der Waals surface area contributed by atoms with E-state index in [1.54, 1.807) is 11.3 Å². The van der Waals surface area contributed by atoms with Crippen molar-refractivity contribution >= 4 is 23.1 Å². The fraction of sp³-hybridized carbons (Fsp3) is 0.600. The average Bonchev–Trinajstić information content (AvgIpc) is 2.72. The Balaban J connectivity index is 2.07. The Bertz CT molecular complexity index is 276. The van der Waals surface area contributed by atoms with Gasteiger partial charge in [-0.25, -0.2) is 0 Å². The van der Waals surface area contributed by atoms with E-state index in [9.17, 15) is 5.11 Å². The summed E-state index contributed by atoms with van der Waals surface area (Å²) in [6.45, 7) is 2.09. The third-order valence-electron chi connectivity index (χ3n) is 2.46. The lowest BCUT2D eigenvalue weighted by molar-refractivity contribution is 0.125. The Morgan fingerprint density at radius 3 is 2.92 bits per heavy atom. The molecular weight excluding hydrogens is 200 g/mol. The fourth-order valence-electron chi connectivity index (χ4n) is 1.65. The minimum atomic E-state index is -0.214. The highest BCUT2D eigenvalue weighted by Gasteiger charge is 2.25. The van der Waals surface area contributed by atoms with Crippen LogP contribution in [0.15, 0.2) is 12.1 Å². The van der Waals surface area contributed by atoms with Gasteiger partial charge in [-0.2, -0.15) is 11.8 Å². The Kier molecular flexibility index (Phi) is 2.96. The van der Waals surface area contributed by atoms with Gasteiger partial charge >= 0.3 is 0 Å². The SMILES string of the molecule is Cc1ccc(C(O)C2CCSC2)s1. The van der Waals surface area contributed by atoms with E-state index in [1.165, 1.54) is 17.1 Å². The van der Waals surface area contributed by atoms with E-state index in [-0.39, 0.29) is 6.10 Å². The molecule has 1 aliphatic rings. The van der Waals surface area contributed by atoms with Crippen LogP contribution in [0, 0.1) is 12.8 Å². The number of aliphatic hydroxyl groups excluding tert-OH is 1. The van der Waals surface area contributed by atoms with Crippen LogP contribution in [-0.4, -0.2) is 16.6 Å². The largest absolute Gasteiger partial charge is 0.387 e. The van der Waals surface area contributed by atoms with E-state index in [0.717, 1.165) is 10.6 Å². The first-order chi connectivity index (χ1) is 6.27. The maximum Gasteiger partial charge on any atom is 0.0918 e. The van der Waals surface area contributed by atoms with Crippen molar-refractivity contribution in [3.63, 3.8) is 0 Å². The first kappa shape index (κ1) is 9.56. The van der Waals surface area contributed by atoms with Crippen LogP contribution in [0.3, 0.4) is 0 Å². The van der Waals surface area contributed by atoms with Gasteiger partial charge in [0, 0.05) is 9.75 Å². The molecule has 1 nitrogen and oxygen atoms in total. The van der Waals surface area contributed by atoms with Crippen molar-refractivity contribution in [2.75, 3.05) is 11.5 Å². The van der Waals surface area contributed by atoms with Crippen LogP contribution in [-0.2, 0) is 0 Å². The van der Waals surface area contributed by atoms with Crippen molar-refractivity contribution in [1.82, 2.24) is 0 Å². The van der Waals surface area contributed by atoms with Crippen molar-refractivity contribution in [2.45, 2.75) is 19.4 Å². The molecule has 3 heteroatoms. The number of hydrogen-bond acceptors (Lipinski definition) is 3. The first-order valence-electron chi connectivity index (χ1n) is 4.59. The van der Waals surface area contributed by atoms with Gasteiger partial charge in [0.15, 0.2) is 0 Å². The van der Waals surface area contributed by atoms with E-state index in [0.29, 0.717) is 5.92 Å². The molecule has 0 amide bonds. The summed E-state index contributed by atoms with van der Waals surface area (Å²) in [5.74, 6) is 2.83. The summed E-state index contributed by atoms with van der Waals surface area (Å²) in [6.07, 6.45) is 0.955. The molecule has 1 N–H and O–H groups in total. The van der Waals surface area contributed by atoms with E-state index >= 15 is 0 Å². The molecular formula is C10H14OS2. The quantitative estimate of drug-likeness (QED) is 0.817. The second-order valence-electron chi connectivity index (χ2n) is 3.52. The zero-order valence-electron chi connectivity index (χ0n) is 7.69. The Labute approximate surface area is 87.2 Å². The van der Waals surface area contributed by atoms with Crippen molar-refractivity contribution in [3.05, 3.63) is 21.9 Å². The van der Waals surface area contributed by atoms with Crippen molar-refractivity contribution < 1.29 is 5.11 Å². The molecule has 0 bridgehead atoms. The highest BCUT2D eigenvalue weighted by molar-refractivity contribution is 7.99. The van der Waals surface area contributed by atoms with Crippen molar-refractivity contribution in [2.24, 2.45) is 5.92 Å². The van der Waals surface area contributed by atoms with Gasteiger partial charge in [0.1, 0.15) is 0 Å². The van der Waals surface area contributed by atoms with Crippen LogP contribution < -0.4 is 0 Å². The summed E-state index contributed by atoms with van der Waals surface area (Å²) in [4.78, 5) is 2.43. The molecule has 13 heavy (non-hydrogen) atoms. The van der Waals surface area contributed by atoms with E-state index in [1.807, 2.05) is 11.8 Å². The molecule has 2 unspecified atom stereocenters.